The van der Waals surface area contributed by atoms with Gasteiger partial charge in [-0.3, -0.25) is 5.32 Å². The number of alkyl carbamates (subject to hydrolysis) is 2. The third-order valence-corrected chi connectivity index (χ3v) is 2.22. The molecule has 0 aromatic rings. The minimum absolute atomic E-state index is 0.186. The zero-order valence-electron chi connectivity index (χ0n) is 15.0. The second kappa shape index (κ2) is 9.57. The van der Waals surface area contributed by atoms with E-state index in [0.717, 1.165) is 0 Å². The first-order valence-corrected chi connectivity index (χ1v) is 7.74. The van der Waals surface area contributed by atoms with Crippen LogP contribution in [0.25, 0.3) is 0 Å². The molecule has 8 nitrogen and oxygen atoms in total. The minimum atomic E-state index is -1.04. The van der Waals surface area contributed by atoms with Gasteiger partial charge in [0.25, 0.3) is 0 Å². The fourth-order valence-corrected chi connectivity index (χ4v) is 1.45. The summed E-state index contributed by atoms with van der Waals surface area (Å²) in [5, 5.41) is 17.5. The normalized spacial score (nSPS) is 13.2. The Morgan fingerprint density at radius 2 is 1.48 bits per heavy atom. The molecule has 0 fully saturated rings. The number of aliphatic hydroxyl groups excluding tert-OH is 1. The van der Waals surface area contributed by atoms with Gasteiger partial charge in [-0.05, 0) is 54.5 Å². The third kappa shape index (κ3) is 15.1. The third-order valence-electron chi connectivity index (χ3n) is 2.22. The number of ether oxygens (including phenoxy) is 2. The first-order chi connectivity index (χ1) is 10.4. The Balaban J connectivity index is 3.65. The largest absolute Gasteiger partial charge is 0.444 e. The maximum Gasteiger partial charge on any atom is 0.409 e. The molecule has 136 valence electrons. The van der Waals surface area contributed by atoms with Crippen LogP contribution < -0.4 is 16.0 Å². The summed E-state index contributed by atoms with van der Waals surface area (Å²) in [6, 6.07) is 0. The molecule has 0 saturated heterocycles. The fraction of sp³-hybridized carbons (Fsp3) is 0.867. The SMILES string of the molecule is CC(C)(C)OC(=O)NCCCNCC(O)NC(=O)OC(C)(C)C. The highest BCUT2D eigenvalue weighted by Crippen LogP contribution is 2.07. The van der Waals surface area contributed by atoms with E-state index >= 15 is 0 Å². The second-order valence-corrected chi connectivity index (χ2v) is 7.15. The average molecular weight is 333 g/mol. The fourth-order valence-electron chi connectivity index (χ4n) is 1.45. The van der Waals surface area contributed by atoms with E-state index in [-0.39, 0.29) is 6.54 Å². The van der Waals surface area contributed by atoms with Crippen LogP contribution in [0.2, 0.25) is 0 Å². The Bertz CT molecular complexity index is 374. The van der Waals surface area contributed by atoms with Gasteiger partial charge in [-0.2, -0.15) is 0 Å². The average Bonchev–Trinajstić information content (AvgIpc) is 2.28. The predicted octanol–water partition coefficient (Wildman–Crippen LogP) is 1.33. The van der Waals surface area contributed by atoms with Crippen molar-refractivity contribution in [3.05, 3.63) is 0 Å². The molecule has 0 bridgehead atoms. The quantitative estimate of drug-likeness (QED) is 0.413. The number of aliphatic hydroxyl groups is 1. The highest BCUT2D eigenvalue weighted by Gasteiger charge is 2.18. The Morgan fingerprint density at radius 3 is 2.00 bits per heavy atom. The molecule has 0 heterocycles. The summed E-state index contributed by atoms with van der Waals surface area (Å²) in [5.41, 5.74) is -1.12. The molecule has 0 aromatic heterocycles. The van der Waals surface area contributed by atoms with Crippen molar-refractivity contribution >= 4 is 12.2 Å². The molecule has 1 atom stereocenters. The zero-order chi connectivity index (χ0) is 18.1. The van der Waals surface area contributed by atoms with Crippen LogP contribution in [0.4, 0.5) is 9.59 Å². The van der Waals surface area contributed by atoms with Gasteiger partial charge < -0.3 is 25.2 Å². The van der Waals surface area contributed by atoms with Gasteiger partial charge in [-0.25, -0.2) is 9.59 Å². The molecule has 1 unspecified atom stereocenters. The van der Waals surface area contributed by atoms with Gasteiger partial charge >= 0.3 is 12.2 Å². The van der Waals surface area contributed by atoms with Crippen LogP contribution in [0.15, 0.2) is 0 Å². The Morgan fingerprint density at radius 1 is 0.957 bits per heavy atom. The number of carbonyl (C=O) groups excluding carboxylic acids is 2. The van der Waals surface area contributed by atoms with Gasteiger partial charge in [0, 0.05) is 13.1 Å². The van der Waals surface area contributed by atoms with Crippen LogP contribution in [0.1, 0.15) is 48.0 Å². The monoisotopic (exact) mass is 333 g/mol. The minimum Gasteiger partial charge on any atom is -0.444 e. The maximum atomic E-state index is 11.4. The lowest BCUT2D eigenvalue weighted by molar-refractivity contribution is 0.0357. The number of amides is 2. The lowest BCUT2D eigenvalue weighted by Gasteiger charge is -2.21. The van der Waals surface area contributed by atoms with Crippen molar-refractivity contribution in [2.45, 2.75) is 65.4 Å². The Labute approximate surface area is 138 Å². The van der Waals surface area contributed by atoms with Crippen LogP contribution in [0.3, 0.4) is 0 Å². The molecule has 8 heteroatoms. The van der Waals surface area contributed by atoms with E-state index in [0.29, 0.717) is 19.5 Å². The summed E-state index contributed by atoms with van der Waals surface area (Å²) in [6.07, 6.45) is -1.50. The summed E-state index contributed by atoms with van der Waals surface area (Å²) in [7, 11) is 0. The van der Waals surface area contributed by atoms with Gasteiger partial charge in [0.2, 0.25) is 0 Å². The molecular weight excluding hydrogens is 302 g/mol. The van der Waals surface area contributed by atoms with Crippen LogP contribution in [-0.2, 0) is 9.47 Å². The van der Waals surface area contributed by atoms with E-state index in [1.54, 1.807) is 41.5 Å². The molecule has 0 spiro atoms. The number of carbonyl (C=O) groups is 2. The summed E-state index contributed by atoms with van der Waals surface area (Å²) in [4.78, 5) is 22.8. The van der Waals surface area contributed by atoms with E-state index in [2.05, 4.69) is 16.0 Å². The van der Waals surface area contributed by atoms with Gasteiger partial charge in [-0.15, -0.1) is 0 Å². The van der Waals surface area contributed by atoms with Gasteiger partial charge in [-0.1, -0.05) is 0 Å². The summed E-state index contributed by atoms with van der Waals surface area (Å²) >= 11 is 0. The number of rotatable bonds is 7. The maximum absolute atomic E-state index is 11.4. The van der Waals surface area contributed by atoms with E-state index in [1.807, 2.05) is 0 Å². The molecule has 0 radical (unpaired) electrons. The highest BCUT2D eigenvalue weighted by molar-refractivity contribution is 5.68. The molecule has 4 N–H and O–H groups in total. The zero-order valence-corrected chi connectivity index (χ0v) is 15.0. The van der Waals surface area contributed by atoms with E-state index in [9.17, 15) is 14.7 Å². The van der Waals surface area contributed by atoms with Gasteiger partial charge in [0.05, 0.1) is 0 Å². The first-order valence-electron chi connectivity index (χ1n) is 7.74. The van der Waals surface area contributed by atoms with Crippen molar-refractivity contribution in [3.8, 4) is 0 Å². The first kappa shape index (κ1) is 21.5. The molecule has 0 saturated carbocycles. The van der Waals surface area contributed by atoms with Crippen LogP contribution >= 0.6 is 0 Å². The van der Waals surface area contributed by atoms with Crippen molar-refractivity contribution in [3.63, 3.8) is 0 Å². The molecule has 0 aliphatic heterocycles. The van der Waals surface area contributed by atoms with Crippen molar-refractivity contribution in [1.29, 1.82) is 0 Å². The molecule has 0 aliphatic rings. The summed E-state index contributed by atoms with van der Waals surface area (Å²) < 4.78 is 10.1. The smallest absolute Gasteiger partial charge is 0.409 e. The second-order valence-electron chi connectivity index (χ2n) is 7.15. The lowest BCUT2D eigenvalue weighted by atomic mass is 10.2. The molecule has 0 aromatic carbocycles. The predicted molar refractivity (Wildman–Crippen MR) is 87.1 cm³/mol. The van der Waals surface area contributed by atoms with E-state index in [4.69, 9.17) is 9.47 Å². The molecule has 23 heavy (non-hydrogen) atoms. The van der Waals surface area contributed by atoms with Crippen LogP contribution in [-0.4, -0.2) is 54.4 Å². The van der Waals surface area contributed by atoms with Crippen LogP contribution in [0.5, 0.6) is 0 Å². The Kier molecular flexibility index (Phi) is 8.93. The van der Waals surface area contributed by atoms with Crippen LogP contribution in [0, 0.1) is 0 Å². The van der Waals surface area contributed by atoms with Gasteiger partial charge in [0.15, 0.2) is 0 Å². The topological polar surface area (TPSA) is 109 Å². The summed E-state index contributed by atoms with van der Waals surface area (Å²) in [5.74, 6) is 0. The standard InChI is InChI=1S/C15H31N3O5/c1-14(2,3)22-12(20)17-9-7-8-16-10-11(19)18-13(21)23-15(4,5)6/h11,16,19H,7-10H2,1-6H3,(H,17,20)(H,18,21). The molecule has 0 rings (SSSR count). The van der Waals surface area contributed by atoms with Gasteiger partial charge in [0.1, 0.15) is 17.4 Å². The van der Waals surface area contributed by atoms with Crippen molar-refractivity contribution in [2.24, 2.45) is 0 Å². The summed E-state index contributed by atoms with van der Waals surface area (Å²) in [6.45, 7) is 11.8. The highest BCUT2D eigenvalue weighted by atomic mass is 16.6. The van der Waals surface area contributed by atoms with Crippen molar-refractivity contribution in [1.82, 2.24) is 16.0 Å². The van der Waals surface area contributed by atoms with E-state index in [1.165, 1.54) is 0 Å². The Hall–Kier alpha value is -1.54. The number of hydrogen-bond donors (Lipinski definition) is 4. The lowest BCUT2D eigenvalue weighted by Crippen LogP contribution is -2.44. The van der Waals surface area contributed by atoms with Crippen molar-refractivity contribution < 1.29 is 24.2 Å². The molecule has 0 aliphatic carbocycles. The molecule has 2 amide bonds. The van der Waals surface area contributed by atoms with E-state index < -0.39 is 29.6 Å². The number of hydrogen-bond acceptors (Lipinski definition) is 6. The number of nitrogens with one attached hydrogen (secondary N) is 3. The molecular formula is C15H31N3O5. The van der Waals surface area contributed by atoms with Crippen molar-refractivity contribution in [2.75, 3.05) is 19.6 Å².